The van der Waals surface area contributed by atoms with Gasteiger partial charge in [-0.3, -0.25) is 4.79 Å². The molecule has 8 rings (SSSR count). The number of carbonyl (C=O) groups is 2. The molecule has 6 fully saturated rings. The van der Waals surface area contributed by atoms with Gasteiger partial charge < -0.3 is 78.0 Å². The zero-order valence-electron chi connectivity index (χ0n) is 40.5. The molecule has 6 N–H and O–H groups in total. The predicted molar refractivity (Wildman–Crippen MR) is 238 cm³/mol. The molecule has 3 saturated carbocycles. The summed E-state index contributed by atoms with van der Waals surface area (Å²) < 4.78 is 61.6. The van der Waals surface area contributed by atoms with Crippen LogP contribution in [0.4, 0.5) is 0 Å². The molecule has 18 heteroatoms. The molecule has 4 aliphatic carbocycles. The van der Waals surface area contributed by atoms with Gasteiger partial charge in [0.1, 0.15) is 60.0 Å². The highest BCUT2D eigenvalue weighted by Gasteiger charge is 2.77. The molecule has 1 aromatic carbocycles. The zero-order chi connectivity index (χ0) is 49.1. The van der Waals surface area contributed by atoms with Crippen molar-refractivity contribution in [2.75, 3.05) is 20.8 Å². The van der Waals surface area contributed by atoms with E-state index in [9.17, 15) is 40.2 Å². The Morgan fingerprint density at radius 1 is 0.824 bits per heavy atom. The van der Waals surface area contributed by atoms with Gasteiger partial charge in [-0.05, 0) is 83.3 Å². The van der Waals surface area contributed by atoms with E-state index in [1.165, 1.54) is 14.0 Å². The van der Waals surface area contributed by atoms with E-state index in [1.807, 2.05) is 26.8 Å². The van der Waals surface area contributed by atoms with Gasteiger partial charge in [-0.15, -0.1) is 0 Å². The van der Waals surface area contributed by atoms with Crippen molar-refractivity contribution >= 4 is 11.9 Å². The number of esters is 2. The Balaban J connectivity index is 0.928. The van der Waals surface area contributed by atoms with Crippen molar-refractivity contribution < 1.29 is 87.6 Å². The van der Waals surface area contributed by atoms with E-state index in [2.05, 4.69) is 13.0 Å². The summed E-state index contributed by atoms with van der Waals surface area (Å²) in [4.78, 5) is 26.0. The molecule has 22 atom stereocenters. The molecule has 0 radical (unpaired) electrons. The van der Waals surface area contributed by atoms with Crippen molar-refractivity contribution in [2.45, 2.75) is 209 Å². The van der Waals surface area contributed by atoms with Crippen LogP contribution in [0.3, 0.4) is 0 Å². The number of carbonyl (C=O) groups excluding carboxylic acids is 2. The lowest BCUT2D eigenvalue weighted by Gasteiger charge is -2.66. The standard InChI is InChI=1S/C50H74O18/c1-25(61-28(4)52)32-16-19-50(58)48(32,6)37(66-45(56)29-12-10-9-11-13-29)23-36-47(5)17-15-31(20-30(47)14-18-49(36,50)57)64-38-21-33(59-7)43(26(2)62-38)67-39-22-34(60-8)44(27(3)63-39)68-46-42(55)41(54)40(53)35(24-51)65-46/h9-14,25-27,31-44,46,51,53-55,57-58H,15-24H2,1-8H3/t25-,26?,27?,31+,32-,33-,34-,35?,36-,37-,38+,39+,40-,41+,42?,43-,44-,46+,47+,48+,49+,50-/m1/s1. The van der Waals surface area contributed by atoms with Crippen molar-refractivity contribution in [3.63, 3.8) is 0 Å². The van der Waals surface area contributed by atoms with Crippen LogP contribution in [0.25, 0.3) is 0 Å². The second-order valence-corrected chi connectivity index (χ2v) is 20.9. The Labute approximate surface area is 398 Å². The van der Waals surface area contributed by atoms with Crippen molar-refractivity contribution in [3.8, 4) is 0 Å². The molecule has 3 aliphatic heterocycles. The molecule has 0 spiro atoms. The molecule has 3 heterocycles. The monoisotopic (exact) mass is 962 g/mol. The summed E-state index contributed by atoms with van der Waals surface area (Å²) in [7, 11) is 3.13. The lowest BCUT2D eigenvalue weighted by Crippen LogP contribution is -2.75. The number of fused-ring (bicyclic) bond motifs is 5. The second-order valence-electron chi connectivity index (χ2n) is 20.9. The van der Waals surface area contributed by atoms with Crippen molar-refractivity contribution in [2.24, 2.45) is 22.7 Å². The van der Waals surface area contributed by atoms with E-state index in [4.69, 9.17) is 47.4 Å². The number of hydrogen-bond acceptors (Lipinski definition) is 18. The Morgan fingerprint density at radius 3 is 2.07 bits per heavy atom. The van der Waals surface area contributed by atoms with E-state index in [0.717, 1.165) is 5.57 Å². The van der Waals surface area contributed by atoms with E-state index >= 15 is 0 Å². The average molecular weight is 963 g/mol. The summed E-state index contributed by atoms with van der Waals surface area (Å²) >= 11 is 0. The third kappa shape index (κ3) is 9.00. The average Bonchev–Trinajstić information content (AvgIpc) is 3.60. The second kappa shape index (κ2) is 20.1. The Kier molecular flexibility index (Phi) is 15.3. The first-order valence-corrected chi connectivity index (χ1v) is 24.4. The van der Waals surface area contributed by atoms with Crippen LogP contribution in [-0.4, -0.2) is 173 Å². The van der Waals surface area contributed by atoms with Gasteiger partial charge in [-0.25, -0.2) is 4.79 Å². The maximum absolute atomic E-state index is 13.8. The summed E-state index contributed by atoms with van der Waals surface area (Å²) in [5.74, 6) is -1.81. The Bertz CT molecular complexity index is 1950. The van der Waals surface area contributed by atoms with Gasteiger partial charge in [-0.2, -0.15) is 0 Å². The molecule has 1 aromatic rings. The van der Waals surface area contributed by atoms with Crippen molar-refractivity contribution in [1.82, 2.24) is 0 Å². The first-order chi connectivity index (χ1) is 32.2. The fourth-order valence-electron chi connectivity index (χ4n) is 13.5. The summed E-state index contributed by atoms with van der Waals surface area (Å²) in [6.07, 6.45) is -7.88. The Hall–Kier alpha value is -2.66. The predicted octanol–water partition coefficient (Wildman–Crippen LogP) is 2.84. The van der Waals surface area contributed by atoms with Crippen LogP contribution >= 0.6 is 0 Å². The molecule has 68 heavy (non-hydrogen) atoms. The van der Waals surface area contributed by atoms with Crippen LogP contribution in [0, 0.1) is 22.7 Å². The van der Waals surface area contributed by atoms with E-state index < -0.39 is 145 Å². The molecular weight excluding hydrogens is 889 g/mol. The molecule has 0 amide bonds. The van der Waals surface area contributed by atoms with E-state index in [1.54, 1.807) is 38.3 Å². The smallest absolute Gasteiger partial charge is 0.338 e. The minimum absolute atomic E-state index is 0.198. The maximum atomic E-state index is 13.8. The summed E-state index contributed by atoms with van der Waals surface area (Å²) in [6.45, 7) is 10.3. The third-order valence-corrected chi connectivity index (χ3v) is 17.3. The highest BCUT2D eigenvalue weighted by molar-refractivity contribution is 5.89. The van der Waals surface area contributed by atoms with Gasteiger partial charge in [0.25, 0.3) is 0 Å². The quantitative estimate of drug-likeness (QED) is 0.123. The third-order valence-electron chi connectivity index (χ3n) is 17.3. The molecule has 7 aliphatic rings. The van der Waals surface area contributed by atoms with Gasteiger partial charge in [-0.1, -0.05) is 43.7 Å². The fraction of sp³-hybridized carbons (Fsp3) is 0.800. The van der Waals surface area contributed by atoms with Crippen LogP contribution < -0.4 is 0 Å². The van der Waals surface area contributed by atoms with E-state index in [-0.39, 0.29) is 25.4 Å². The molecule has 4 unspecified atom stereocenters. The topological polar surface area (TPSA) is 248 Å². The molecule has 382 valence electrons. The lowest BCUT2D eigenvalue weighted by atomic mass is 9.42. The minimum atomic E-state index is -1.67. The first-order valence-electron chi connectivity index (χ1n) is 24.4. The number of ether oxygens (including phenoxy) is 10. The fourth-order valence-corrected chi connectivity index (χ4v) is 13.5. The SMILES string of the molecule is CO[C@@H]1C[C@H](O[C@H]2CC[C@@]3(C)C(=CC[C@]4(O)[C@@H]3C[C@@H](OC(=O)c3ccccc3)[C@]3(C)[C@@H]([C@@H](C)OC(C)=O)CC[C@@]34O)C2)OC(C)[C@H]1O[C@H]1C[C@@H](OC)[C@H](O[C@@H]2OC(CO)[C@@H](O)[C@H](O)C2O)C(C)O1. The number of aliphatic hydroxyl groups is 6. The highest BCUT2D eigenvalue weighted by atomic mass is 16.8. The minimum Gasteiger partial charge on any atom is -0.463 e. The van der Waals surface area contributed by atoms with Crippen LogP contribution in [0.1, 0.15) is 110 Å². The first kappa shape index (κ1) is 51.7. The molecular formula is C50H74O18. The van der Waals surface area contributed by atoms with Gasteiger partial charge in [0, 0.05) is 51.2 Å². The maximum Gasteiger partial charge on any atom is 0.338 e. The van der Waals surface area contributed by atoms with Crippen LogP contribution in [0.5, 0.6) is 0 Å². The van der Waals surface area contributed by atoms with Gasteiger partial charge in [0.05, 0.1) is 42.7 Å². The molecule has 18 nitrogen and oxygen atoms in total. The number of methoxy groups -OCH3 is 2. The summed E-state index contributed by atoms with van der Waals surface area (Å²) in [5, 5.41) is 67.0. The van der Waals surface area contributed by atoms with Crippen molar-refractivity contribution in [1.29, 1.82) is 0 Å². The van der Waals surface area contributed by atoms with Crippen LogP contribution in [0.2, 0.25) is 0 Å². The number of rotatable bonds is 13. The van der Waals surface area contributed by atoms with Gasteiger partial charge >= 0.3 is 11.9 Å². The summed E-state index contributed by atoms with van der Waals surface area (Å²) in [5.41, 5.74) is -3.43. The van der Waals surface area contributed by atoms with Gasteiger partial charge in [0.2, 0.25) is 0 Å². The highest BCUT2D eigenvalue weighted by Crippen LogP contribution is 2.70. The molecule has 3 saturated heterocycles. The zero-order valence-corrected chi connectivity index (χ0v) is 40.5. The lowest BCUT2D eigenvalue weighted by molar-refractivity contribution is -0.353. The normalized spacial score (nSPS) is 47.4. The molecule has 0 bridgehead atoms. The van der Waals surface area contributed by atoms with E-state index in [0.29, 0.717) is 44.1 Å². The number of hydrogen-bond donors (Lipinski definition) is 6. The largest absolute Gasteiger partial charge is 0.463 e. The van der Waals surface area contributed by atoms with Gasteiger partial charge in [0.15, 0.2) is 18.9 Å². The molecule has 0 aromatic heterocycles. The van der Waals surface area contributed by atoms with Crippen LogP contribution in [0.15, 0.2) is 42.0 Å². The van der Waals surface area contributed by atoms with Crippen LogP contribution in [-0.2, 0) is 52.2 Å². The summed E-state index contributed by atoms with van der Waals surface area (Å²) in [6, 6.07) is 8.76. The Morgan fingerprint density at radius 2 is 1.46 bits per heavy atom. The number of benzene rings is 1. The van der Waals surface area contributed by atoms with Crippen molar-refractivity contribution in [3.05, 3.63) is 47.5 Å². The number of aliphatic hydroxyl groups excluding tert-OH is 4.